The summed E-state index contributed by atoms with van der Waals surface area (Å²) in [7, 11) is 0. The molecule has 1 heterocycles. The molecule has 1 rings (SSSR count). The molecule has 0 saturated carbocycles. The quantitative estimate of drug-likeness (QED) is 0.396. The molecule has 1 aliphatic heterocycles. The summed E-state index contributed by atoms with van der Waals surface area (Å²) in [6, 6.07) is 0. The third-order valence-electron chi connectivity index (χ3n) is 2.66. The predicted octanol–water partition coefficient (Wildman–Crippen LogP) is 0.0648. The summed E-state index contributed by atoms with van der Waals surface area (Å²) >= 11 is 0. The van der Waals surface area contributed by atoms with Crippen molar-refractivity contribution in [2.24, 2.45) is 5.92 Å². The zero-order chi connectivity index (χ0) is 12.8. The van der Waals surface area contributed by atoms with Crippen LogP contribution in [0.3, 0.4) is 0 Å². The van der Waals surface area contributed by atoms with E-state index in [-0.39, 0.29) is 18.4 Å². The predicted molar refractivity (Wildman–Crippen MR) is 57.8 cm³/mol. The maximum atomic E-state index is 11.5. The van der Waals surface area contributed by atoms with E-state index in [9.17, 15) is 19.7 Å². The lowest BCUT2D eigenvalue weighted by Crippen LogP contribution is -2.44. The summed E-state index contributed by atoms with van der Waals surface area (Å²) in [5, 5.41) is 10.2. The first-order valence-corrected chi connectivity index (χ1v) is 5.60. The van der Waals surface area contributed by atoms with Crippen molar-refractivity contribution < 1.29 is 19.2 Å². The topological polar surface area (TPSA) is 89.8 Å². The first-order valence-electron chi connectivity index (χ1n) is 5.60. The zero-order valence-electron chi connectivity index (χ0n) is 9.76. The minimum atomic E-state index is -0.713. The fraction of sp³-hybridized carbons (Fsp3) is 0.800. The first kappa shape index (κ1) is 13.4. The average Bonchev–Trinajstić information content (AvgIpc) is 2.28. The molecule has 7 nitrogen and oxygen atoms in total. The second kappa shape index (κ2) is 6.17. The number of nitrogens with zero attached hydrogens (tertiary/aromatic N) is 2. The molecule has 0 radical (unpaired) electrons. The summed E-state index contributed by atoms with van der Waals surface area (Å²) in [6.07, 6.45) is 1.34. The van der Waals surface area contributed by atoms with Gasteiger partial charge in [-0.25, -0.2) is 0 Å². The lowest BCUT2D eigenvalue weighted by Gasteiger charge is -2.30. The summed E-state index contributed by atoms with van der Waals surface area (Å²) < 4.78 is 4.88. The van der Waals surface area contributed by atoms with Crippen LogP contribution in [0.15, 0.2) is 0 Å². The monoisotopic (exact) mass is 244 g/mol. The number of rotatable bonds is 4. The number of hydrogen-bond acceptors (Lipinski definition) is 5. The largest absolute Gasteiger partial charge is 0.466 e. The Morgan fingerprint density at radius 1 is 1.53 bits per heavy atom. The van der Waals surface area contributed by atoms with E-state index in [1.165, 1.54) is 4.90 Å². The Bertz CT molecular complexity index is 318. The van der Waals surface area contributed by atoms with Gasteiger partial charge >= 0.3 is 5.97 Å². The van der Waals surface area contributed by atoms with Gasteiger partial charge in [-0.15, -0.1) is 0 Å². The van der Waals surface area contributed by atoms with Crippen LogP contribution in [0, 0.1) is 16.0 Å². The molecule has 0 aromatic heterocycles. The van der Waals surface area contributed by atoms with E-state index >= 15 is 0 Å². The molecule has 0 bridgehead atoms. The van der Waals surface area contributed by atoms with E-state index in [1.54, 1.807) is 6.92 Å². The van der Waals surface area contributed by atoms with Crippen molar-refractivity contribution in [1.82, 2.24) is 4.90 Å². The first-order chi connectivity index (χ1) is 8.04. The van der Waals surface area contributed by atoms with Crippen molar-refractivity contribution in [1.29, 1.82) is 0 Å². The van der Waals surface area contributed by atoms with Gasteiger partial charge < -0.3 is 9.64 Å². The molecule has 0 aromatic rings. The van der Waals surface area contributed by atoms with Crippen LogP contribution >= 0.6 is 0 Å². The van der Waals surface area contributed by atoms with E-state index in [4.69, 9.17) is 4.74 Å². The van der Waals surface area contributed by atoms with Crippen LogP contribution in [0.25, 0.3) is 0 Å². The Labute approximate surface area is 98.9 Å². The van der Waals surface area contributed by atoms with Gasteiger partial charge in [-0.05, 0) is 19.8 Å². The Balaban J connectivity index is 2.51. The van der Waals surface area contributed by atoms with Gasteiger partial charge in [0.05, 0.1) is 12.5 Å². The number of amides is 1. The molecule has 1 amide bonds. The normalized spacial score (nSPS) is 19.8. The van der Waals surface area contributed by atoms with Gasteiger partial charge in [-0.2, -0.15) is 0 Å². The third kappa shape index (κ3) is 4.01. The van der Waals surface area contributed by atoms with E-state index in [0.29, 0.717) is 26.0 Å². The Morgan fingerprint density at radius 3 is 2.82 bits per heavy atom. The molecule has 1 saturated heterocycles. The number of carbonyl (C=O) groups is 2. The van der Waals surface area contributed by atoms with Gasteiger partial charge in [0.1, 0.15) is 0 Å². The third-order valence-corrected chi connectivity index (χ3v) is 2.66. The average molecular weight is 244 g/mol. The highest BCUT2D eigenvalue weighted by Crippen LogP contribution is 2.17. The Hall–Kier alpha value is -1.66. The molecule has 0 aromatic carbocycles. The van der Waals surface area contributed by atoms with Crippen LogP contribution < -0.4 is 0 Å². The second-order valence-electron chi connectivity index (χ2n) is 3.92. The highest BCUT2D eigenvalue weighted by molar-refractivity contribution is 5.79. The van der Waals surface area contributed by atoms with Crippen LogP contribution in [-0.2, 0) is 14.3 Å². The fourth-order valence-electron chi connectivity index (χ4n) is 1.87. The molecular weight excluding hydrogens is 228 g/mol. The SMILES string of the molecule is CCOC(=O)C1CCCN(C(=O)C[N+](=O)[O-])C1. The molecule has 0 N–H and O–H groups in total. The second-order valence-corrected chi connectivity index (χ2v) is 3.92. The lowest BCUT2D eigenvalue weighted by molar-refractivity contribution is -0.468. The standard InChI is InChI=1S/C10H16N2O5/c1-2-17-10(14)8-4-3-5-11(6-8)9(13)7-12(15)16/h8H,2-7H2,1H3. The van der Waals surface area contributed by atoms with Crippen molar-refractivity contribution >= 4 is 11.9 Å². The highest BCUT2D eigenvalue weighted by Gasteiger charge is 2.30. The van der Waals surface area contributed by atoms with E-state index in [0.717, 1.165) is 0 Å². The number of hydrogen-bond donors (Lipinski definition) is 0. The Morgan fingerprint density at radius 2 is 2.24 bits per heavy atom. The maximum absolute atomic E-state index is 11.5. The minimum Gasteiger partial charge on any atom is -0.466 e. The van der Waals surface area contributed by atoms with E-state index in [2.05, 4.69) is 0 Å². The number of esters is 1. The molecule has 0 spiro atoms. The molecule has 1 unspecified atom stereocenters. The molecule has 96 valence electrons. The molecule has 7 heteroatoms. The van der Waals surface area contributed by atoms with Crippen molar-refractivity contribution in [3.8, 4) is 0 Å². The van der Waals surface area contributed by atoms with Gasteiger partial charge in [-0.3, -0.25) is 19.7 Å². The smallest absolute Gasteiger partial charge is 0.310 e. The van der Waals surface area contributed by atoms with Crippen molar-refractivity contribution in [2.75, 3.05) is 26.2 Å². The summed E-state index contributed by atoms with van der Waals surface area (Å²) in [5.41, 5.74) is 0. The van der Waals surface area contributed by atoms with Gasteiger partial charge in [0.25, 0.3) is 12.5 Å². The van der Waals surface area contributed by atoms with Gasteiger partial charge in [0, 0.05) is 18.0 Å². The fourth-order valence-corrected chi connectivity index (χ4v) is 1.87. The lowest BCUT2D eigenvalue weighted by atomic mass is 9.98. The van der Waals surface area contributed by atoms with Gasteiger partial charge in [0.2, 0.25) is 0 Å². The number of carbonyl (C=O) groups excluding carboxylic acids is 2. The number of ether oxygens (including phenoxy) is 1. The maximum Gasteiger partial charge on any atom is 0.310 e. The summed E-state index contributed by atoms with van der Waals surface area (Å²) in [6.45, 7) is 2.01. The number of likely N-dealkylation sites (tertiary alicyclic amines) is 1. The molecular formula is C10H16N2O5. The molecule has 1 fully saturated rings. The van der Waals surface area contributed by atoms with Crippen LogP contribution in [0.4, 0.5) is 0 Å². The summed E-state index contributed by atoms with van der Waals surface area (Å²) in [4.78, 5) is 33.9. The summed E-state index contributed by atoms with van der Waals surface area (Å²) in [5.74, 6) is -1.21. The Kier molecular flexibility index (Phi) is 4.86. The van der Waals surface area contributed by atoms with E-state index < -0.39 is 17.4 Å². The molecule has 0 aliphatic carbocycles. The molecule has 1 aliphatic rings. The number of nitro groups is 1. The van der Waals surface area contributed by atoms with E-state index in [1.807, 2.05) is 0 Å². The van der Waals surface area contributed by atoms with Crippen LogP contribution in [0.2, 0.25) is 0 Å². The van der Waals surface area contributed by atoms with Crippen molar-refractivity contribution in [3.63, 3.8) is 0 Å². The highest BCUT2D eigenvalue weighted by atomic mass is 16.6. The zero-order valence-corrected chi connectivity index (χ0v) is 9.76. The van der Waals surface area contributed by atoms with Crippen LogP contribution in [-0.4, -0.2) is 47.9 Å². The van der Waals surface area contributed by atoms with Crippen molar-refractivity contribution in [2.45, 2.75) is 19.8 Å². The van der Waals surface area contributed by atoms with Crippen molar-refractivity contribution in [3.05, 3.63) is 10.1 Å². The van der Waals surface area contributed by atoms with Gasteiger partial charge in [0.15, 0.2) is 0 Å². The van der Waals surface area contributed by atoms with Crippen LogP contribution in [0.5, 0.6) is 0 Å². The minimum absolute atomic E-state index is 0.228. The molecule has 17 heavy (non-hydrogen) atoms. The molecule has 1 atom stereocenters. The van der Waals surface area contributed by atoms with Gasteiger partial charge in [-0.1, -0.05) is 0 Å². The van der Waals surface area contributed by atoms with Crippen LogP contribution in [0.1, 0.15) is 19.8 Å². The number of piperidine rings is 1.